The number of non-ortho nitro benzene ring substituents is 1. The molecular weight excluding hydrogens is 452 g/mol. The van der Waals surface area contributed by atoms with Gasteiger partial charge in [0.05, 0.1) is 21.5 Å². The van der Waals surface area contributed by atoms with Crippen LogP contribution < -0.4 is 11.2 Å². The molecule has 0 N–H and O–H groups in total. The van der Waals surface area contributed by atoms with Gasteiger partial charge < -0.3 is 4.57 Å². The van der Waals surface area contributed by atoms with Crippen molar-refractivity contribution in [3.63, 3.8) is 0 Å². The molecular formula is C21H23BrN4O4. The molecule has 8 nitrogen and oxygen atoms in total. The first kappa shape index (κ1) is 20.6. The average molecular weight is 475 g/mol. The Balaban J connectivity index is 2.12. The second-order valence-electron chi connectivity index (χ2n) is 7.92. The van der Waals surface area contributed by atoms with E-state index >= 15 is 0 Å². The van der Waals surface area contributed by atoms with Crippen molar-refractivity contribution < 1.29 is 4.92 Å². The number of halogens is 1. The van der Waals surface area contributed by atoms with E-state index < -0.39 is 16.2 Å². The second-order valence-corrected chi connectivity index (χ2v) is 8.77. The quantitative estimate of drug-likeness (QED) is 0.321. The van der Waals surface area contributed by atoms with Crippen molar-refractivity contribution in [3.05, 3.63) is 59.8 Å². The standard InChI is InChI=1S/C21H23BrN4O4/c1-23-17-12-25(13-7-5-3-4-6-8-13)19(18(17)20(27)24(2)21(23)28)15-11-14(26(29)30)9-10-16(15)22/h9-13H,3-8H2,1-2H3. The largest absolute Gasteiger partial charge is 0.342 e. The molecule has 0 spiro atoms. The Hall–Kier alpha value is -2.68. The van der Waals surface area contributed by atoms with E-state index in [1.165, 1.54) is 36.6 Å². The number of hydrogen-bond acceptors (Lipinski definition) is 4. The summed E-state index contributed by atoms with van der Waals surface area (Å²) in [6.45, 7) is 0. The summed E-state index contributed by atoms with van der Waals surface area (Å²) in [5, 5.41) is 11.8. The Bertz CT molecular complexity index is 1260. The number of nitrogens with zero attached hydrogens (tertiary/aromatic N) is 4. The predicted octanol–water partition coefficient (Wildman–Crippen LogP) is 4.27. The third kappa shape index (κ3) is 3.30. The molecule has 1 fully saturated rings. The number of fused-ring (bicyclic) bond motifs is 1. The molecule has 2 heterocycles. The molecule has 0 saturated heterocycles. The van der Waals surface area contributed by atoms with Crippen LogP contribution in [0.2, 0.25) is 0 Å². The molecule has 158 valence electrons. The first-order valence-corrected chi connectivity index (χ1v) is 10.9. The van der Waals surface area contributed by atoms with Crippen LogP contribution >= 0.6 is 15.9 Å². The topological polar surface area (TPSA) is 92.1 Å². The third-order valence-electron chi connectivity index (χ3n) is 6.10. The molecule has 0 amide bonds. The van der Waals surface area contributed by atoms with E-state index in [1.807, 2.05) is 6.20 Å². The highest BCUT2D eigenvalue weighted by Gasteiger charge is 2.26. The molecule has 4 rings (SSSR count). The molecule has 1 aromatic carbocycles. The summed E-state index contributed by atoms with van der Waals surface area (Å²) in [4.78, 5) is 36.7. The highest BCUT2D eigenvalue weighted by molar-refractivity contribution is 9.10. The van der Waals surface area contributed by atoms with Gasteiger partial charge in [0.2, 0.25) is 0 Å². The minimum Gasteiger partial charge on any atom is -0.342 e. The lowest BCUT2D eigenvalue weighted by atomic mass is 10.1. The first-order chi connectivity index (χ1) is 14.3. The Morgan fingerprint density at radius 3 is 2.37 bits per heavy atom. The van der Waals surface area contributed by atoms with E-state index in [9.17, 15) is 19.7 Å². The fourth-order valence-corrected chi connectivity index (χ4v) is 4.90. The lowest BCUT2D eigenvalue weighted by molar-refractivity contribution is -0.384. The van der Waals surface area contributed by atoms with Gasteiger partial charge in [-0.1, -0.05) is 41.6 Å². The van der Waals surface area contributed by atoms with E-state index in [4.69, 9.17) is 0 Å². The summed E-state index contributed by atoms with van der Waals surface area (Å²) in [5.41, 5.74) is 0.921. The monoisotopic (exact) mass is 474 g/mol. The Morgan fingerprint density at radius 2 is 1.73 bits per heavy atom. The fourth-order valence-electron chi connectivity index (χ4n) is 4.47. The van der Waals surface area contributed by atoms with E-state index in [-0.39, 0.29) is 11.7 Å². The summed E-state index contributed by atoms with van der Waals surface area (Å²) in [6, 6.07) is 4.73. The van der Waals surface area contributed by atoms with Gasteiger partial charge >= 0.3 is 5.69 Å². The van der Waals surface area contributed by atoms with Gasteiger partial charge in [-0.25, -0.2) is 4.79 Å². The predicted molar refractivity (Wildman–Crippen MR) is 119 cm³/mol. The maximum atomic E-state index is 13.2. The third-order valence-corrected chi connectivity index (χ3v) is 6.79. The van der Waals surface area contributed by atoms with Gasteiger partial charge in [-0.2, -0.15) is 0 Å². The van der Waals surface area contributed by atoms with Gasteiger partial charge in [0.1, 0.15) is 0 Å². The van der Waals surface area contributed by atoms with Crippen molar-refractivity contribution in [2.24, 2.45) is 14.1 Å². The zero-order valence-electron chi connectivity index (χ0n) is 16.9. The molecule has 9 heteroatoms. The summed E-state index contributed by atoms with van der Waals surface area (Å²) in [5.74, 6) is 0. The summed E-state index contributed by atoms with van der Waals surface area (Å²) in [7, 11) is 3.10. The number of hydrogen-bond donors (Lipinski definition) is 0. The number of benzene rings is 1. The maximum absolute atomic E-state index is 13.2. The number of aromatic nitrogens is 3. The molecule has 3 aromatic rings. The van der Waals surface area contributed by atoms with Gasteiger partial charge in [-0.15, -0.1) is 0 Å². The van der Waals surface area contributed by atoms with Crippen LogP contribution in [-0.4, -0.2) is 18.6 Å². The number of nitro benzene ring substituents is 1. The first-order valence-electron chi connectivity index (χ1n) is 10.1. The molecule has 0 aliphatic heterocycles. The molecule has 30 heavy (non-hydrogen) atoms. The number of nitro groups is 1. The molecule has 1 aliphatic carbocycles. The molecule has 0 unspecified atom stereocenters. The highest BCUT2D eigenvalue weighted by Crippen LogP contribution is 2.40. The van der Waals surface area contributed by atoms with Crippen LogP contribution in [0.15, 0.2) is 38.5 Å². The van der Waals surface area contributed by atoms with Crippen LogP contribution in [0.1, 0.15) is 44.6 Å². The summed E-state index contributed by atoms with van der Waals surface area (Å²) >= 11 is 3.52. The van der Waals surface area contributed by atoms with Crippen LogP contribution in [0.3, 0.4) is 0 Å². The van der Waals surface area contributed by atoms with Crippen LogP contribution in [-0.2, 0) is 14.1 Å². The molecule has 2 aromatic heterocycles. The zero-order valence-corrected chi connectivity index (χ0v) is 18.5. The van der Waals surface area contributed by atoms with Gasteiger partial charge in [-0.05, 0) is 18.9 Å². The van der Waals surface area contributed by atoms with Gasteiger partial charge in [0.25, 0.3) is 11.2 Å². The minimum absolute atomic E-state index is 0.0448. The number of aryl methyl sites for hydroxylation is 1. The Kier molecular flexibility index (Phi) is 5.40. The molecule has 1 aliphatic rings. The fraction of sp³-hybridized carbons (Fsp3) is 0.429. The van der Waals surface area contributed by atoms with Crippen LogP contribution in [0.5, 0.6) is 0 Å². The highest BCUT2D eigenvalue weighted by atomic mass is 79.9. The summed E-state index contributed by atoms with van der Waals surface area (Å²) < 4.78 is 5.30. The van der Waals surface area contributed by atoms with Crippen molar-refractivity contribution in [1.82, 2.24) is 13.7 Å². The number of rotatable bonds is 3. The van der Waals surface area contributed by atoms with Crippen molar-refractivity contribution in [1.29, 1.82) is 0 Å². The van der Waals surface area contributed by atoms with Crippen LogP contribution in [0, 0.1) is 10.1 Å². The smallest absolute Gasteiger partial charge is 0.330 e. The van der Waals surface area contributed by atoms with Gasteiger partial charge in [-0.3, -0.25) is 24.0 Å². The summed E-state index contributed by atoms with van der Waals surface area (Å²) in [6.07, 6.45) is 8.33. The van der Waals surface area contributed by atoms with E-state index in [0.29, 0.717) is 26.6 Å². The van der Waals surface area contributed by atoms with Crippen LogP contribution in [0.4, 0.5) is 5.69 Å². The van der Waals surface area contributed by atoms with E-state index in [1.54, 1.807) is 13.1 Å². The minimum atomic E-state index is -0.440. The van der Waals surface area contributed by atoms with Crippen LogP contribution in [0.25, 0.3) is 22.2 Å². The van der Waals surface area contributed by atoms with Crippen molar-refractivity contribution in [2.75, 3.05) is 0 Å². The van der Waals surface area contributed by atoms with E-state index in [0.717, 1.165) is 30.3 Å². The average Bonchev–Trinajstić information content (AvgIpc) is 2.91. The Labute approximate surface area is 181 Å². The van der Waals surface area contributed by atoms with Crippen molar-refractivity contribution in [2.45, 2.75) is 44.6 Å². The lowest BCUT2D eigenvalue weighted by Crippen LogP contribution is -2.36. The molecule has 1 saturated carbocycles. The Morgan fingerprint density at radius 1 is 1.07 bits per heavy atom. The maximum Gasteiger partial charge on any atom is 0.330 e. The van der Waals surface area contributed by atoms with Gasteiger partial charge in [0.15, 0.2) is 0 Å². The molecule has 0 bridgehead atoms. The van der Waals surface area contributed by atoms with Crippen molar-refractivity contribution >= 4 is 32.5 Å². The SMILES string of the molecule is Cn1c(=O)c2c(-c3cc([N+](=O)[O-])ccc3Br)n(C3CCCCCC3)cc2n(C)c1=O. The van der Waals surface area contributed by atoms with Crippen molar-refractivity contribution in [3.8, 4) is 11.3 Å². The van der Waals surface area contributed by atoms with Gasteiger partial charge in [0, 0.05) is 48.5 Å². The normalized spacial score (nSPS) is 15.4. The van der Waals surface area contributed by atoms with E-state index in [2.05, 4.69) is 20.5 Å². The lowest BCUT2D eigenvalue weighted by Gasteiger charge is -2.20. The zero-order chi connectivity index (χ0) is 21.6. The second kappa shape index (κ2) is 7.86. The molecule has 0 atom stereocenters. The molecule has 0 radical (unpaired) electrons.